The summed E-state index contributed by atoms with van der Waals surface area (Å²) in [5.74, 6) is 0.0898. The second-order valence-corrected chi connectivity index (χ2v) is 7.21. The lowest BCUT2D eigenvalue weighted by Gasteiger charge is -2.30. The number of aryl methyl sites for hydroxylation is 1. The summed E-state index contributed by atoms with van der Waals surface area (Å²) < 4.78 is 27.0. The van der Waals surface area contributed by atoms with Crippen molar-refractivity contribution in [3.05, 3.63) is 30.1 Å². The van der Waals surface area contributed by atoms with Crippen molar-refractivity contribution in [3.63, 3.8) is 0 Å². The van der Waals surface area contributed by atoms with Crippen LogP contribution in [0.25, 0.3) is 0 Å². The molecule has 0 aromatic carbocycles. The van der Waals surface area contributed by atoms with Crippen LogP contribution in [0.15, 0.2) is 24.4 Å². The Labute approximate surface area is 120 Å². The molecule has 1 heterocycles. The molecule has 6 heteroatoms. The molecule has 5 nitrogen and oxygen atoms in total. The smallest absolute Gasteiger partial charge is 0.212 e. The Hall–Kier alpha value is -0.980. The molecule has 2 rings (SSSR count). The second-order valence-electron chi connectivity index (χ2n) is 5.34. The Morgan fingerprint density at radius 2 is 2.10 bits per heavy atom. The van der Waals surface area contributed by atoms with Crippen molar-refractivity contribution in [1.82, 2.24) is 9.71 Å². The lowest BCUT2D eigenvalue weighted by Crippen LogP contribution is -2.44. The second kappa shape index (κ2) is 7.15. The number of nitrogens with zero attached hydrogens (tertiary/aromatic N) is 1. The zero-order valence-electron chi connectivity index (χ0n) is 11.5. The van der Waals surface area contributed by atoms with Gasteiger partial charge in [-0.2, -0.15) is 0 Å². The number of aromatic nitrogens is 1. The highest BCUT2D eigenvalue weighted by molar-refractivity contribution is 7.89. The average molecular weight is 298 g/mol. The van der Waals surface area contributed by atoms with E-state index in [2.05, 4.69) is 9.71 Å². The summed E-state index contributed by atoms with van der Waals surface area (Å²) in [7, 11) is -3.32. The molecule has 1 saturated carbocycles. The van der Waals surface area contributed by atoms with Crippen molar-refractivity contribution >= 4 is 10.0 Å². The van der Waals surface area contributed by atoms with Crippen molar-refractivity contribution in [1.29, 1.82) is 0 Å². The Bertz CT molecular complexity index is 504. The summed E-state index contributed by atoms with van der Waals surface area (Å²) in [6.45, 7) is 0.0490. The average Bonchev–Trinajstić information content (AvgIpc) is 2.47. The largest absolute Gasteiger partial charge is 0.396 e. The third-order valence-electron chi connectivity index (χ3n) is 3.83. The highest BCUT2D eigenvalue weighted by Gasteiger charge is 2.28. The van der Waals surface area contributed by atoms with Crippen molar-refractivity contribution < 1.29 is 13.5 Å². The molecule has 2 unspecified atom stereocenters. The van der Waals surface area contributed by atoms with Gasteiger partial charge in [-0.05, 0) is 30.9 Å². The molecule has 20 heavy (non-hydrogen) atoms. The van der Waals surface area contributed by atoms with Crippen LogP contribution in [-0.4, -0.2) is 36.9 Å². The number of aliphatic hydroxyl groups excluding tert-OH is 1. The van der Waals surface area contributed by atoms with Crippen LogP contribution in [0.3, 0.4) is 0 Å². The van der Waals surface area contributed by atoms with Crippen LogP contribution < -0.4 is 4.72 Å². The topological polar surface area (TPSA) is 79.3 Å². The summed E-state index contributed by atoms with van der Waals surface area (Å²) in [6, 6.07) is 5.37. The van der Waals surface area contributed by atoms with Gasteiger partial charge < -0.3 is 5.11 Å². The summed E-state index contributed by atoms with van der Waals surface area (Å²) in [5.41, 5.74) is 0.778. The van der Waals surface area contributed by atoms with E-state index in [1.54, 1.807) is 6.20 Å². The molecule has 2 N–H and O–H groups in total. The third-order valence-corrected chi connectivity index (χ3v) is 5.23. The molecule has 1 aliphatic carbocycles. The van der Waals surface area contributed by atoms with Gasteiger partial charge in [0.1, 0.15) is 0 Å². The summed E-state index contributed by atoms with van der Waals surface area (Å²) in [5, 5.41) is 9.32. The Morgan fingerprint density at radius 1 is 1.30 bits per heavy atom. The first-order chi connectivity index (χ1) is 9.61. The number of pyridine rings is 1. The van der Waals surface area contributed by atoms with E-state index in [1.165, 1.54) is 0 Å². The van der Waals surface area contributed by atoms with E-state index < -0.39 is 10.0 Å². The quantitative estimate of drug-likeness (QED) is 0.824. The third kappa shape index (κ3) is 4.54. The first-order valence-electron chi connectivity index (χ1n) is 7.11. The lowest BCUT2D eigenvalue weighted by molar-refractivity contribution is 0.164. The molecule has 0 aliphatic heterocycles. The maximum absolute atomic E-state index is 12.1. The normalized spacial score (nSPS) is 23.6. The minimum Gasteiger partial charge on any atom is -0.396 e. The standard InChI is InChI=1S/C14H22N2O3S/c17-11-12-5-1-2-7-14(12)16-20(18,19)10-8-13-6-3-4-9-15-13/h3-4,6,9,12,14,16-17H,1-2,5,7-8,10-11H2. The van der Waals surface area contributed by atoms with Gasteiger partial charge in [0.15, 0.2) is 0 Å². The first-order valence-corrected chi connectivity index (χ1v) is 8.77. The van der Waals surface area contributed by atoms with E-state index in [9.17, 15) is 13.5 Å². The van der Waals surface area contributed by atoms with Crippen molar-refractivity contribution in [2.45, 2.75) is 38.1 Å². The molecule has 0 amide bonds. The van der Waals surface area contributed by atoms with E-state index in [4.69, 9.17) is 0 Å². The highest BCUT2D eigenvalue weighted by Crippen LogP contribution is 2.24. The van der Waals surface area contributed by atoms with E-state index in [0.717, 1.165) is 31.4 Å². The lowest BCUT2D eigenvalue weighted by atomic mass is 9.86. The number of hydrogen-bond donors (Lipinski definition) is 2. The monoisotopic (exact) mass is 298 g/mol. The fourth-order valence-corrected chi connectivity index (χ4v) is 4.02. The zero-order chi connectivity index (χ0) is 14.4. The van der Waals surface area contributed by atoms with E-state index in [-0.39, 0.29) is 24.3 Å². The fourth-order valence-electron chi connectivity index (χ4n) is 2.66. The Balaban J connectivity index is 1.90. The fraction of sp³-hybridized carbons (Fsp3) is 0.643. The number of hydrogen-bond acceptors (Lipinski definition) is 4. The summed E-state index contributed by atoms with van der Waals surface area (Å²) >= 11 is 0. The van der Waals surface area contributed by atoms with Gasteiger partial charge in [0.05, 0.1) is 5.75 Å². The van der Waals surface area contributed by atoms with Gasteiger partial charge in [-0.25, -0.2) is 13.1 Å². The molecule has 1 fully saturated rings. The predicted molar refractivity (Wildman–Crippen MR) is 77.7 cm³/mol. The maximum Gasteiger partial charge on any atom is 0.212 e. The molecule has 1 aromatic heterocycles. The van der Waals surface area contributed by atoms with Gasteiger partial charge in [-0.15, -0.1) is 0 Å². The molecule has 0 spiro atoms. The summed E-state index contributed by atoms with van der Waals surface area (Å²) in [6.07, 6.45) is 5.87. The minimum atomic E-state index is -3.32. The van der Waals surface area contributed by atoms with E-state index in [0.29, 0.717) is 6.42 Å². The highest BCUT2D eigenvalue weighted by atomic mass is 32.2. The van der Waals surface area contributed by atoms with Gasteiger partial charge in [-0.1, -0.05) is 18.9 Å². The van der Waals surface area contributed by atoms with E-state index in [1.807, 2.05) is 18.2 Å². The van der Waals surface area contributed by atoms with Gasteiger partial charge in [0.25, 0.3) is 0 Å². The van der Waals surface area contributed by atoms with Crippen LogP contribution in [0.5, 0.6) is 0 Å². The van der Waals surface area contributed by atoms with Crippen LogP contribution in [0.2, 0.25) is 0 Å². The predicted octanol–water partition coefficient (Wildman–Crippen LogP) is 1.09. The molecule has 1 aromatic rings. The van der Waals surface area contributed by atoms with Crippen LogP contribution in [0.1, 0.15) is 31.4 Å². The zero-order valence-corrected chi connectivity index (χ0v) is 12.3. The first kappa shape index (κ1) is 15.4. The van der Waals surface area contributed by atoms with E-state index >= 15 is 0 Å². The molecular weight excluding hydrogens is 276 g/mol. The number of aliphatic hydroxyl groups is 1. The SMILES string of the molecule is O=S(=O)(CCc1ccccn1)NC1CCCCC1CO. The van der Waals surface area contributed by atoms with Gasteiger partial charge in [0.2, 0.25) is 10.0 Å². The van der Waals surface area contributed by atoms with Crippen molar-refractivity contribution in [2.24, 2.45) is 5.92 Å². The van der Waals surface area contributed by atoms with Gasteiger partial charge >= 0.3 is 0 Å². The van der Waals surface area contributed by atoms with Crippen LogP contribution >= 0.6 is 0 Å². The molecule has 0 bridgehead atoms. The molecule has 112 valence electrons. The molecule has 2 atom stereocenters. The molecule has 0 radical (unpaired) electrons. The number of nitrogens with one attached hydrogen (secondary N) is 1. The number of rotatable bonds is 6. The minimum absolute atomic E-state index is 0.0403. The van der Waals surface area contributed by atoms with Crippen LogP contribution in [-0.2, 0) is 16.4 Å². The molecule has 0 saturated heterocycles. The Morgan fingerprint density at radius 3 is 2.80 bits per heavy atom. The maximum atomic E-state index is 12.1. The van der Waals surface area contributed by atoms with Crippen LogP contribution in [0, 0.1) is 5.92 Å². The molecule has 1 aliphatic rings. The van der Waals surface area contributed by atoms with Crippen molar-refractivity contribution in [2.75, 3.05) is 12.4 Å². The Kier molecular flexibility index (Phi) is 5.51. The van der Waals surface area contributed by atoms with Gasteiger partial charge in [-0.3, -0.25) is 4.98 Å². The van der Waals surface area contributed by atoms with Gasteiger partial charge in [0, 0.05) is 31.0 Å². The number of sulfonamides is 1. The van der Waals surface area contributed by atoms with Crippen molar-refractivity contribution in [3.8, 4) is 0 Å². The van der Waals surface area contributed by atoms with Crippen LogP contribution in [0.4, 0.5) is 0 Å². The molecular formula is C14H22N2O3S. The summed E-state index contributed by atoms with van der Waals surface area (Å²) in [4.78, 5) is 4.13.